The van der Waals surface area contributed by atoms with E-state index in [-0.39, 0.29) is 5.97 Å². The Labute approximate surface area is 92.1 Å². The topological polar surface area (TPSA) is 29.5 Å². The van der Waals surface area contributed by atoms with E-state index in [9.17, 15) is 4.79 Å². The fraction of sp³-hybridized carbons (Fsp3) is 0.750. The average molecular weight is 211 g/mol. The summed E-state index contributed by atoms with van der Waals surface area (Å²) in [7, 11) is 0. The molecule has 1 saturated heterocycles. The monoisotopic (exact) mass is 211 g/mol. The molecule has 0 aromatic heterocycles. The second-order valence-electron chi connectivity index (χ2n) is 4.14. The van der Waals surface area contributed by atoms with E-state index in [0.717, 1.165) is 25.6 Å². The lowest BCUT2D eigenvalue weighted by atomic mass is 9.99. The Morgan fingerprint density at radius 1 is 1.47 bits per heavy atom. The van der Waals surface area contributed by atoms with Crippen molar-refractivity contribution in [3.8, 4) is 0 Å². The molecule has 1 fully saturated rings. The Hall–Kier alpha value is -0.830. The molecule has 0 radical (unpaired) electrons. The zero-order chi connectivity index (χ0) is 11.1. The number of likely N-dealkylation sites (tertiary alicyclic amines) is 1. The molecular formula is C12H21NO2. The summed E-state index contributed by atoms with van der Waals surface area (Å²) >= 11 is 0. The number of carbonyl (C=O) groups is 1. The summed E-state index contributed by atoms with van der Waals surface area (Å²) in [5.41, 5.74) is 0. The summed E-state index contributed by atoms with van der Waals surface area (Å²) in [4.78, 5) is 13.4. The fourth-order valence-corrected chi connectivity index (χ4v) is 1.73. The van der Waals surface area contributed by atoms with E-state index in [1.165, 1.54) is 18.9 Å². The smallest absolute Gasteiger partial charge is 0.330 e. The molecule has 0 spiro atoms. The lowest BCUT2D eigenvalue weighted by Gasteiger charge is -2.28. The number of hydrogen-bond acceptors (Lipinski definition) is 3. The van der Waals surface area contributed by atoms with Gasteiger partial charge in [0.05, 0.1) is 6.61 Å². The van der Waals surface area contributed by atoms with Gasteiger partial charge in [0.15, 0.2) is 0 Å². The number of rotatable bonds is 4. The fourth-order valence-electron chi connectivity index (χ4n) is 1.73. The Kier molecular flexibility index (Phi) is 5.40. The highest BCUT2D eigenvalue weighted by molar-refractivity contribution is 5.81. The highest BCUT2D eigenvalue weighted by atomic mass is 16.5. The third-order valence-corrected chi connectivity index (χ3v) is 2.78. The van der Waals surface area contributed by atoms with Crippen LogP contribution in [0.25, 0.3) is 0 Å². The molecule has 86 valence electrons. The van der Waals surface area contributed by atoms with Crippen molar-refractivity contribution < 1.29 is 9.53 Å². The molecule has 0 aromatic carbocycles. The zero-order valence-electron chi connectivity index (χ0n) is 9.74. The first-order chi connectivity index (χ1) is 7.22. The van der Waals surface area contributed by atoms with Gasteiger partial charge in [-0.25, -0.2) is 4.79 Å². The van der Waals surface area contributed by atoms with Gasteiger partial charge in [-0.2, -0.15) is 0 Å². The van der Waals surface area contributed by atoms with Crippen LogP contribution in [0.1, 0.15) is 26.7 Å². The second-order valence-corrected chi connectivity index (χ2v) is 4.14. The van der Waals surface area contributed by atoms with E-state index in [1.54, 1.807) is 0 Å². The lowest BCUT2D eigenvalue weighted by molar-refractivity contribution is -0.137. The Balaban J connectivity index is 2.16. The van der Waals surface area contributed by atoms with Gasteiger partial charge in [0.2, 0.25) is 0 Å². The van der Waals surface area contributed by atoms with Gasteiger partial charge in [-0.3, -0.25) is 4.90 Å². The summed E-state index contributed by atoms with van der Waals surface area (Å²) < 4.78 is 4.80. The predicted molar refractivity (Wildman–Crippen MR) is 60.6 cm³/mol. The molecule has 0 unspecified atom stereocenters. The van der Waals surface area contributed by atoms with Gasteiger partial charge in [0.1, 0.15) is 0 Å². The molecule has 0 atom stereocenters. The molecule has 0 N–H and O–H groups in total. The number of carbonyl (C=O) groups excluding carboxylic acids is 1. The molecule has 0 amide bonds. The van der Waals surface area contributed by atoms with E-state index >= 15 is 0 Å². The molecule has 3 nitrogen and oxygen atoms in total. The van der Waals surface area contributed by atoms with Gasteiger partial charge in [-0.15, -0.1) is 0 Å². The van der Waals surface area contributed by atoms with Gasteiger partial charge in [-0.05, 0) is 38.8 Å². The molecule has 0 aliphatic carbocycles. The lowest BCUT2D eigenvalue weighted by Crippen LogP contribution is -2.32. The van der Waals surface area contributed by atoms with Crippen LogP contribution in [0.2, 0.25) is 0 Å². The molecule has 0 aromatic rings. The molecule has 0 bridgehead atoms. The number of ether oxygens (including phenoxy) is 1. The van der Waals surface area contributed by atoms with E-state index in [1.807, 2.05) is 13.0 Å². The van der Waals surface area contributed by atoms with Crippen molar-refractivity contribution in [2.75, 3.05) is 26.2 Å². The van der Waals surface area contributed by atoms with E-state index < -0.39 is 0 Å². The predicted octanol–water partition coefficient (Wildman–Crippen LogP) is 1.84. The van der Waals surface area contributed by atoms with Crippen LogP contribution in [0.3, 0.4) is 0 Å². The van der Waals surface area contributed by atoms with Gasteiger partial charge in [0.25, 0.3) is 0 Å². The van der Waals surface area contributed by atoms with Gasteiger partial charge < -0.3 is 4.74 Å². The van der Waals surface area contributed by atoms with Crippen LogP contribution < -0.4 is 0 Å². The highest BCUT2D eigenvalue weighted by Crippen LogP contribution is 2.15. The zero-order valence-corrected chi connectivity index (χ0v) is 9.74. The number of esters is 1. The summed E-state index contributed by atoms with van der Waals surface area (Å²) in [5.74, 6) is 0.623. The van der Waals surface area contributed by atoms with Crippen LogP contribution in [-0.4, -0.2) is 37.1 Å². The van der Waals surface area contributed by atoms with Gasteiger partial charge in [0, 0.05) is 12.6 Å². The molecule has 3 heteroatoms. The third kappa shape index (κ3) is 4.98. The minimum Gasteiger partial charge on any atom is -0.463 e. The van der Waals surface area contributed by atoms with Crippen molar-refractivity contribution in [3.63, 3.8) is 0 Å². The highest BCUT2D eigenvalue weighted by Gasteiger charge is 2.13. The van der Waals surface area contributed by atoms with Crippen LogP contribution in [0.15, 0.2) is 12.2 Å². The Morgan fingerprint density at radius 2 is 2.13 bits per heavy atom. The van der Waals surface area contributed by atoms with Crippen molar-refractivity contribution in [2.45, 2.75) is 26.7 Å². The first kappa shape index (κ1) is 12.2. The maximum Gasteiger partial charge on any atom is 0.330 e. The van der Waals surface area contributed by atoms with Crippen molar-refractivity contribution in [1.29, 1.82) is 0 Å². The van der Waals surface area contributed by atoms with Crippen LogP contribution >= 0.6 is 0 Å². The quantitative estimate of drug-likeness (QED) is 0.525. The molecule has 0 saturated carbocycles. The van der Waals surface area contributed by atoms with Gasteiger partial charge in [-0.1, -0.05) is 13.0 Å². The van der Waals surface area contributed by atoms with Gasteiger partial charge >= 0.3 is 5.97 Å². The molecule has 15 heavy (non-hydrogen) atoms. The largest absolute Gasteiger partial charge is 0.463 e. The minimum atomic E-state index is -0.233. The van der Waals surface area contributed by atoms with Crippen molar-refractivity contribution in [3.05, 3.63) is 12.2 Å². The summed E-state index contributed by atoms with van der Waals surface area (Å²) in [6.45, 7) is 7.72. The van der Waals surface area contributed by atoms with Crippen LogP contribution in [-0.2, 0) is 9.53 Å². The number of nitrogens with zero attached hydrogens (tertiary/aromatic N) is 1. The average Bonchev–Trinajstić information content (AvgIpc) is 2.21. The molecule has 1 rings (SSSR count). The second kappa shape index (κ2) is 6.62. The summed E-state index contributed by atoms with van der Waals surface area (Å²) in [6, 6.07) is 0. The van der Waals surface area contributed by atoms with Crippen molar-refractivity contribution in [2.24, 2.45) is 5.92 Å². The molecular weight excluding hydrogens is 190 g/mol. The molecule has 1 aliphatic heterocycles. The number of piperidine rings is 1. The first-order valence-electron chi connectivity index (χ1n) is 5.78. The minimum absolute atomic E-state index is 0.233. The standard InChI is InChI=1S/C12H21NO2/c1-3-15-12(14)5-4-8-13-9-6-11(2)7-10-13/h4-5,11H,3,6-10H2,1-2H3/b5-4+. The van der Waals surface area contributed by atoms with E-state index in [4.69, 9.17) is 4.74 Å². The Bertz CT molecular complexity index is 218. The van der Waals surface area contributed by atoms with Crippen molar-refractivity contribution in [1.82, 2.24) is 4.90 Å². The third-order valence-electron chi connectivity index (χ3n) is 2.78. The summed E-state index contributed by atoms with van der Waals surface area (Å²) in [5, 5.41) is 0. The van der Waals surface area contributed by atoms with E-state index in [0.29, 0.717) is 6.61 Å². The number of hydrogen-bond donors (Lipinski definition) is 0. The van der Waals surface area contributed by atoms with Crippen molar-refractivity contribution >= 4 is 5.97 Å². The van der Waals surface area contributed by atoms with Crippen LogP contribution in [0, 0.1) is 5.92 Å². The molecule has 1 aliphatic rings. The first-order valence-corrected chi connectivity index (χ1v) is 5.78. The summed E-state index contributed by atoms with van der Waals surface area (Å²) in [6.07, 6.45) is 5.97. The van der Waals surface area contributed by atoms with E-state index in [2.05, 4.69) is 11.8 Å². The Morgan fingerprint density at radius 3 is 2.73 bits per heavy atom. The molecule has 1 heterocycles. The normalized spacial score (nSPS) is 19.6. The maximum absolute atomic E-state index is 11.0. The van der Waals surface area contributed by atoms with Crippen LogP contribution in [0.5, 0.6) is 0 Å². The SMILES string of the molecule is CCOC(=O)/C=C/CN1CCC(C)CC1. The maximum atomic E-state index is 11.0. The van der Waals surface area contributed by atoms with Crippen LogP contribution in [0.4, 0.5) is 0 Å².